The maximum absolute atomic E-state index is 11.4. The zero-order valence-electron chi connectivity index (χ0n) is 23.3. The number of amides is 2. The summed E-state index contributed by atoms with van der Waals surface area (Å²) < 4.78 is 20.7. The van der Waals surface area contributed by atoms with Crippen LogP contribution in [0.25, 0.3) is 0 Å². The molecule has 0 spiro atoms. The molecule has 0 aromatic carbocycles. The van der Waals surface area contributed by atoms with Crippen LogP contribution in [0.2, 0.25) is 0 Å². The van der Waals surface area contributed by atoms with Gasteiger partial charge in [0.2, 0.25) is 11.8 Å². The van der Waals surface area contributed by atoms with Crippen LogP contribution >= 0.6 is 0 Å². The number of hydrogen-bond donors (Lipinski definition) is 0. The van der Waals surface area contributed by atoms with E-state index in [1.54, 1.807) is 12.0 Å². The first-order valence-corrected chi connectivity index (χ1v) is 14.5. The standard InChI is InChI=1S/C16H31NO.C12H23NO5/c1-2-3-4-5-6-7-8-9-10-11-14-17-15-12-13-16(17)18;1-15-5-6-16-7-8-17-9-10-18-11-13-4-2-3-12(13)14/h2-15H2,1H3;2-11H2,1H3. The molecule has 0 saturated carbocycles. The number of ether oxygens (including phenoxy) is 4. The van der Waals surface area contributed by atoms with Crippen LogP contribution in [-0.4, -0.2) is 94.7 Å². The predicted octanol–water partition coefficient (Wildman–Crippen LogP) is 4.79. The molecule has 0 aliphatic carbocycles. The summed E-state index contributed by atoms with van der Waals surface area (Å²) in [7, 11) is 1.64. The van der Waals surface area contributed by atoms with E-state index in [1.807, 2.05) is 4.90 Å². The number of methoxy groups -OCH3 is 1. The van der Waals surface area contributed by atoms with Gasteiger partial charge in [-0.3, -0.25) is 9.59 Å². The van der Waals surface area contributed by atoms with Crippen LogP contribution in [0.3, 0.4) is 0 Å². The zero-order valence-corrected chi connectivity index (χ0v) is 23.3. The van der Waals surface area contributed by atoms with Gasteiger partial charge in [0.1, 0.15) is 6.73 Å². The number of nitrogens with zero attached hydrogens (tertiary/aromatic N) is 2. The van der Waals surface area contributed by atoms with Crippen LogP contribution < -0.4 is 0 Å². The Balaban J connectivity index is 0.000000360. The zero-order chi connectivity index (χ0) is 26.1. The van der Waals surface area contributed by atoms with Gasteiger partial charge in [0.25, 0.3) is 0 Å². The molecular formula is C28H54N2O6. The van der Waals surface area contributed by atoms with Gasteiger partial charge >= 0.3 is 0 Å². The SMILES string of the molecule is CCCCCCCCCCCCN1CCCC1=O.COCCOCCOCCOCN1CCCC1=O. The first kappa shape index (κ1) is 32.8. The normalized spacial score (nSPS) is 15.6. The Morgan fingerprint density at radius 3 is 1.58 bits per heavy atom. The van der Waals surface area contributed by atoms with Crippen molar-refractivity contribution >= 4 is 11.8 Å². The smallest absolute Gasteiger partial charge is 0.224 e. The van der Waals surface area contributed by atoms with E-state index in [0.29, 0.717) is 58.7 Å². The van der Waals surface area contributed by atoms with Crippen molar-refractivity contribution < 1.29 is 28.5 Å². The van der Waals surface area contributed by atoms with Gasteiger partial charge in [-0.15, -0.1) is 0 Å². The van der Waals surface area contributed by atoms with E-state index >= 15 is 0 Å². The highest BCUT2D eigenvalue weighted by Gasteiger charge is 2.19. The second kappa shape index (κ2) is 24.1. The third-order valence-corrected chi connectivity index (χ3v) is 6.55. The minimum absolute atomic E-state index is 0.183. The molecular weight excluding hydrogens is 460 g/mol. The lowest BCUT2D eigenvalue weighted by molar-refractivity contribution is -0.133. The third kappa shape index (κ3) is 18.1. The van der Waals surface area contributed by atoms with Gasteiger partial charge in [-0.2, -0.15) is 0 Å². The quantitative estimate of drug-likeness (QED) is 0.193. The second-order valence-electron chi connectivity index (χ2n) is 9.68. The molecule has 2 saturated heterocycles. The van der Waals surface area contributed by atoms with Gasteiger partial charge in [-0.25, -0.2) is 0 Å². The molecule has 0 unspecified atom stereocenters. The number of rotatable bonds is 22. The minimum Gasteiger partial charge on any atom is -0.382 e. The Labute approximate surface area is 220 Å². The molecule has 8 heteroatoms. The third-order valence-electron chi connectivity index (χ3n) is 6.55. The van der Waals surface area contributed by atoms with Crippen LogP contribution in [0.4, 0.5) is 0 Å². The Morgan fingerprint density at radius 2 is 1.08 bits per heavy atom. The summed E-state index contributed by atoms with van der Waals surface area (Å²) in [5, 5.41) is 0. The number of likely N-dealkylation sites (tertiary alicyclic amines) is 2. The van der Waals surface area contributed by atoms with Crippen molar-refractivity contribution in [1.82, 2.24) is 9.80 Å². The summed E-state index contributed by atoms with van der Waals surface area (Å²) in [6.07, 6.45) is 17.2. The number of hydrogen-bond acceptors (Lipinski definition) is 6. The molecule has 0 N–H and O–H groups in total. The molecule has 2 aliphatic rings. The molecule has 8 nitrogen and oxygen atoms in total. The molecule has 2 amide bonds. The van der Waals surface area contributed by atoms with E-state index in [-0.39, 0.29) is 5.91 Å². The highest BCUT2D eigenvalue weighted by molar-refractivity contribution is 5.78. The van der Waals surface area contributed by atoms with E-state index < -0.39 is 0 Å². The molecule has 36 heavy (non-hydrogen) atoms. The fraction of sp³-hybridized carbons (Fsp3) is 0.929. The van der Waals surface area contributed by atoms with Crippen LogP contribution in [-0.2, 0) is 28.5 Å². The lowest BCUT2D eigenvalue weighted by atomic mass is 10.1. The summed E-state index contributed by atoms with van der Waals surface area (Å²) in [5.41, 5.74) is 0. The van der Waals surface area contributed by atoms with Gasteiger partial charge < -0.3 is 28.7 Å². The van der Waals surface area contributed by atoms with Gasteiger partial charge in [-0.1, -0.05) is 64.7 Å². The highest BCUT2D eigenvalue weighted by Crippen LogP contribution is 2.13. The van der Waals surface area contributed by atoms with Crippen molar-refractivity contribution in [3.8, 4) is 0 Å². The van der Waals surface area contributed by atoms with Gasteiger partial charge in [0.05, 0.1) is 39.6 Å². The first-order valence-electron chi connectivity index (χ1n) is 14.5. The average Bonchev–Trinajstić information content (AvgIpc) is 3.49. The highest BCUT2D eigenvalue weighted by atomic mass is 16.6. The Kier molecular flexibility index (Phi) is 22.0. The fourth-order valence-electron chi connectivity index (χ4n) is 4.33. The predicted molar refractivity (Wildman–Crippen MR) is 143 cm³/mol. The molecule has 2 heterocycles. The largest absolute Gasteiger partial charge is 0.382 e. The molecule has 0 bridgehead atoms. The average molecular weight is 515 g/mol. The van der Waals surface area contributed by atoms with Crippen molar-refractivity contribution in [2.75, 3.05) is 73.1 Å². The molecule has 2 rings (SSSR count). The van der Waals surface area contributed by atoms with Crippen molar-refractivity contribution in [3.63, 3.8) is 0 Å². The summed E-state index contributed by atoms with van der Waals surface area (Å²) in [5.74, 6) is 0.563. The lowest BCUT2D eigenvalue weighted by Crippen LogP contribution is -2.28. The number of unbranched alkanes of at least 4 members (excludes halogenated alkanes) is 9. The van der Waals surface area contributed by atoms with Crippen LogP contribution in [0.5, 0.6) is 0 Å². The maximum atomic E-state index is 11.4. The van der Waals surface area contributed by atoms with Crippen molar-refractivity contribution in [1.29, 1.82) is 0 Å². The summed E-state index contributed by atoms with van der Waals surface area (Å²) in [6, 6.07) is 0. The number of carbonyl (C=O) groups excluding carboxylic acids is 2. The topological polar surface area (TPSA) is 77.5 Å². The summed E-state index contributed by atoms with van der Waals surface area (Å²) >= 11 is 0. The van der Waals surface area contributed by atoms with E-state index in [4.69, 9.17) is 18.9 Å². The van der Waals surface area contributed by atoms with E-state index in [0.717, 1.165) is 38.9 Å². The Bertz CT molecular complexity index is 488. The van der Waals surface area contributed by atoms with Crippen molar-refractivity contribution in [3.05, 3.63) is 0 Å². The Morgan fingerprint density at radius 1 is 0.611 bits per heavy atom. The Hall–Kier alpha value is -1.22. The first-order chi connectivity index (χ1) is 17.7. The second-order valence-corrected chi connectivity index (χ2v) is 9.68. The van der Waals surface area contributed by atoms with E-state index in [9.17, 15) is 9.59 Å². The van der Waals surface area contributed by atoms with Gasteiger partial charge in [-0.05, 0) is 19.3 Å². The van der Waals surface area contributed by atoms with Gasteiger partial charge in [0, 0.05) is 39.6 Å². The maximum Gasteiger partial charge on any atom is 0.224 e. The van der Waals surface area contributed by atoms with Gasteiger partial charge in [0.15, 0.2) is 0 Å². The minimum atomic E-state index is 0.183. The number of carbonyl (C=O) groups is 2. The summed E-state index contributed by atoms with van der Waals surface area (Å²) in [6.45, 7) is 8.82. The lowest BCUT2D eigenvalue weighted by Gasteiger charge is -2.15. The molecule has 0 aromatic heterocycles. The van der Waals surface area contributed by atoms with Crippen molar-refractivity contribution in [2.45, 2.75) is 96.8 Å². The molecule has 2 aliphatic heterocycles. The van der Waals surface area contributed by atoms with Crippen LogP contribution in [0.15, 0.2) is 0 Å². The van der Waals surface area contributed by atoms with E-state index in [2.05, 4.69) is 6.92 Å². The van der Waals surface area contributed by atoms with Crippen LogP contribution in [0, 0.1) is 0 Å². The molecule has 0 radical (unpaired) electrons. The van der Waals surface area contributed by atoms with Crippen LogP contribution in [0.1, 0.15) is 96.8 Å². The molecule has 0 aromatic rings. The molecule has 2 fully saturated rings. The monoisotopic (exact) mass is 514 g/mol. The summed E-state index contributed by atoms with van der Waals surface area (Å²) in [4.78, 5) is 26.4. The molecule has 0 atom stereocenters. The fourth-order valence-corrected chi connectivity index (χ4v) is 4.33. The molecule has 212 valence electrons. The van der Waals surface area contributed by atoms with E-state index in [1.165, 1.54) is 64.2 Å². The van der Waals surface area contributed by atoms with Crippen molar-refractivity contribution in [2.24, 2.45) is 0 Å².